The van der Waals surface area contributed by atoms with E-state index in [1.54, 1.807) is 103 Å². The maximum Gasteiger partial charge on any atom is 0.340 e. The molecule has 0 saturated carbocycles. The summed E-state index contributed by atoms with van der Waals surface area (Å²) in [5, 5.41) is 0. The van der Waals surface area contributed by atoms with E-state index in [1.165, 1.54) is 48.5 Å². The first-order valence-electron chi connectivity index (χ1n) is 23.5. The maximum absolute atomic E-state index is 14.6. The first-order chi connectivity index (χ1) is 35.8. The lowest BCUT2D eigenvalue weighted by molar-refractivity contribution is -0.296. The van der Waals surface area contributed by atoms with Crippen LogP contribution in [0.1, 0.15) is 68.5 Å². The van der Waals surface area contributed by atoms with Crippen molar-refractivity contribution in [2.75, 3.05) is 6.61 Å². The topological polar surface area (TPSA) is 150 Å². The Morgan fingerprint density at radius 2 is 0.644 bits per heavy atom. The molecule has 12 nitrogen and oxygen atoms in total. The van der Waals surface area contributed by atoms with Crippen LogP contribution in [-0.2, 0) is 38.8 Å². The Bertz CT molecular complexity index is 2980. The van der Waals surface area contributed by atoms with Gasteiger partial charge in [-0.25, -0.2) is 24.0 Å². The predicted molar refractivity (Wildman–Crippen MR) is 268 cm³/mol. The van der Waals surface area contributed by atoms with Gasteiger partial charge in [0.25, 0.3) is 0 Å². The first-order valence-corrected chi connectivity index (χ1v) is 23.5. The smallest absolute Gasteiger partial charge is 0.340 e. The van der Waals surface area contributed by atoms with E-state index in [0.717, 1.165) is 0 Å². The molecular weight excluding hydrogens is 925 g/mol. The number of hydrogen-bond acceptors (Lipinski definition) is 12. The van der Waals surface area contributed by atoms with Crippen LogP contribution in [0, 0.1) is 0 Å². The van der Waals surface area contributed by atoms with Gasteiger partial charge in [0.05, 0.1) is 34.4 Å². The molecule has 12 heteroatoms. The van der Waals surface area contributed by atoms with Gasteiger partial charge < -0.3 is 33.2 Å². The van der Waals surface area contributed by atoms with Gasteiger partial charge in [-0.1, -0.05) is 182 Å². The molecular formula is C61H48O12. The number of hydrogen-bond donors (Lipinski definition) is 0. The van der Waals surface area contributed by atoms with Gasteiger partial charge in [0.15, 0.2) is 18.3 Å². The van der Waals surface area contributed by atoms with Crippen molar-refractivity contribution in [3.05, 3.63) is 287 Å². The summed E-state index contributed by atoms with van der Waals surface area (Å²) in [6.45, 7) is -0.505. The minimum atomic E-state index is -1.93. The number of carbonyl (C=O) groups is 5. The molecule has 9 rings (SSSR count). The van der Waals surface area contributed by atoms with E-state index in [4.69, 9.17) is 33.2 Å². The Balaban J connectivity index is 1.23. The molecule has 1 heterocycles. The molecule has 8 aromatic rings. The molecule has 0 bridgehead atoms. The van der Waals surface area contributed by atoms with Crippen molar-refractivity contribution in [3.8, 4) is 0 Å². The third-order valence-corrected chi connectivity index (χ3v) is 12.2. The van der Waals surface area contributed by atoms with Crippen LogP contribution in [-0.4, -0.2) is 73.3 Å². The van der Waals surface area contributed by atoms with Crippen LogP contribution in [0.25, 0.3) is 0 Å². The second-order valence-corrected chi connectivity index (χ2v) is 16.8. The van der Waals surface area contributed by atoms with Crippen molar-refractivity contribution in [1.29, 1.82) is 0 Å². The van der Waals surface area contributed by atoms with Gasteiger partial charge in [0.2, 0.25) is 12.4 Å². The van der Waals surface area contributed by atoms with Crippen LogP contribution in [0.3, 0.4) is 0 Å². The normalized spacial score (nSPS) is 17.7. The van der Waals surface area contributed by atoms with Crippen molar-refractivity contribution in [2.45, 2.75) is 42.4 Å². The first kappa shape index (κ1) is 49.0. The van der Waals surface area contributed by atoms with E-state index in [-0.39, 0.29) is 27.8 Å². The van der Waals surface area contributed by atoms with Crippen LogP contribution < -0.4 is 0 Å². The van der Waals surface area contributed by atoms with Gasteiger partial charge in [-0.15, -0.1) is 0 Å². The van der Waals surface area contributed by atoms with Crippen molar-refractivity contribution >= 4 is 29.8 Å². The molecule has 364 valence electrons. The molecule has 0 amide bonds. The highest BCUT2D eigenvalue weighted by atomic mass is 16.7. The van der Waals surface area contributed by atoms with Crippen molar-refractivity contribution in [3.63, 3.8) is 0 Å². The third-order valence-electron chi connectivity index (χ3n) is 12.2. The molecule has 73 heavy (non-hydrogen) atoms. The fourth-order valence-corrected chi connectivity index (χ4v) is 8.62. The van der Waals surface area contributed by atoms with Crippen LogP contribution in [0.5, 0.6) is 0 Å². The summed E-state index contributed by atoms with van der Waals surface area (Å²) in [4.78, 5) is 72.0. The number of rotatable bonds is 17. The summed E-state index contributed by atoms with van der Waals surface area (Å²) in [6.07, 6.45) is -10.7. The summed E-state index contributed by atoms with van der Waals surface area (Å²) in [7, 11) is 0. The monoisotopic (exact) mass is 972 g/mol. The molecule has 1 aliphatic rings. The van der Waals surface area contributed by atoms with Gasteiger partial charge in [0.1, 0.15) is 11.7 Å². The van der Waals surface area contributed by atoms with Gasteiger partial charge in [-0.3, -0.25) is 0 Å². The quantitative estimate of drug-likeness (QED) is 0.0485. The lowest BCUT2D eigenvalue weighted by atomic mass is 9.80. The summed E-state index contributed by atoms with van der Waals surface area (Å²) in [5.41, 5.74) is 1.21. The third kappa shape index (κ3) is 11.5. The van der Waals surface area contributed by atoms with Gasteiger partial charge in [-0.2, -0.15) is 0 Å². The summed E-state index contributed by atoms with van der Waals surface area (Å²) < 4.78 is 45.8. The highest BCUT2D eigenvalue weighted by Gasteiger charge is 2.57. The zero-order valence-corrected chi connectivity index (χ0v) is 39.2. The zero-order chi connectivity index (χ0) is 50.4. The average Bonchev–Trinajstić information content (AvgIpc) is 3.46. The van der Waals surface area contributed by atoms with Gasteiger partial charge >= 0.3 is 29.8 Å². The van der Waals surface area contributed by atoms with E-state index in [9.17, 15) is 24.0 Å². The van der Waals surface area contributed by atoms with E-state index in [1.807, 2.05) is 91.0 Å². The van der Waals surface area contributed by atoms with Crippen molar-refractivity contribution in [1.82, 2.24) is 0 Å². The van der Waals surface area contributed by atoms with Gasteiger partial charge in [-0.05, 0) is 77.4 Å². The van der Waals surface area contributed by atoms with Crippen molar-refractivity contribution < 1.29 is 57.1 Å². The molecule has 6 atom stereocenters. The number of carbonyl (C=O) groups excluding carboxylic acids is 5. The molecule has 1 aliphatic heterocycles. The summed E-state index contributed by atoms with van der Waals surface area (Å²) in [5.74, 6) is -4.50. The predicted octanol–water partition coefficient (Wildman–Crippen LogP) is 10.5. The Morgan fingerprint density at radius 3 is 1.00 bits per heavy atom. The van der Waals surface area contributed by atoms with Gasteiger partial charge in [0, 0.05) is 0 Å². The standard InChI is InChI=1S/C61H48O12/c62-55(42-25-9-1-10-26-42)68-50(41-67-61(47-35-19-6-20-36-47,48-37-21-7-22-38-48)49-39-23-8-24-40-49)51-52(69-56(63)43-27-11-2-12-28-43)53(70-57(64)44-29-13-3-14-30-44)54(71-58(65)45-31-15-4-16-32-45)60(72-51)73-59(66)46-33-17-5-18-34-46/h1-40,50-54,60H,41H2/t50-,51-,52-,53+,54+,60?/m1/s1. The lowest BCUT2D eigenvalue weighted by Crippen LogP contribution is -2.65. The number of esters is 5. The summed E-state index contributed by atoms with van der Waals surface area (Å²) >= 11 is 0. The molecule has 1 fully saturated rings. The second kappa shape index (κ2) is 23.3. The molecule has 1 unspecified atom stereocenters. The Labute approximate surface area is 421 Å². The van der Waals surface area contributed by atoms with E-state index in [0.29, 0.717) is 16.7 Å². The molecule has 8 aromatic carbocycles. The van der Waals surface area contributed by atoms with Crippen molar-refractivity contribution in [2.24, 2.45) is 0 Å². The molecule has 0 aliphatic carbocycles. The van der Waals surface area contributed by atoms with E-state index in [2.05, 4.69) is 0 Å². The second-order valence-electron chi connectivity index (χ2n) is 16.8. The largest absolute Gasteiger partial charge is 0.453 e. The number of benzene rings is 8. The van der Waals surface area contributed by atoms with Crippen LogP contribution >= 0.6 is 0 Å². The van der Waals surface area contributed by atoms with E-state index < -0.39 is 78.9 Å². The minimum Gasteiger partial charge on any atom is -0.453 e. The molecule has 0 N–H and O–H groups in total. The Kier molecular flexibility index (Phi) is 15.6. The van der Waals surface area contributed by atoms with Crippen LogP contribution in [0.2, 0.25) is 0 Å². The SMILES string of the molecule is O=C(OC1O[C@H]([C@@H](COC(c2ccccc2)(c2ccccc2)c2ccccc2)OC(=O)c2ccccc2)[C@@H](OC(=O)c2ccccc2)[C@H](OC(=O)c2ccccc2)[C@@H]1OC(=O)c1ccccc1)c1ccccc1. The minimum absolute atomic E-state index is 0.0819. The Morgan fingerprint density at radius 1 is 0.356 bits per heavy atom. The van der Waals surface area contributed by atoms with Crippen LogP contribution in [0.15, 0.2) is 243 Å². The molecule has 0 spiro atoms. The molecule has 1 saturated heterocycles. The van der Waals surface area contributed by atoms with E-state index >= 15 is 0 Å². The fraction of sp³-hybridized carbons (Fsp3) is 0.131. The molecule has 0 radical (unpaired) electrons. The summed E-state index contributed by atoms with van der Waals surface area (Å²) in [6, 6.07) is 68.6. The van der Waals surface area contributed by atoms with Crippen LogP contribution in [0.4, 0.5) is 0 Å². The molecule has 0 aromatic heterocycles. The fourth-order valence-electron chi connectivity index (χ4n) is 8.62. The zero-order valence-electron chi connectivity index (χ0n) is 39.2. The lowest BCUT2D eigenvalue weighted by Gasteiger charge is -2.46. The number of ether oxygens (including phenoxy) is 7. The highest BCUT2D eigenvalue weighted by molar-refractivity contribution is 5.92. The Hall–Kier alpha value is -8.97. The average molecular weight is 973 g/mol. The maximum atomic E-state index is 14.6. The highest BCUT2D eigenvalue weighted by Crippen LogP contribution is 2.42.